The summed E-state index contributed by atoms with van der Waals surface area (Å²) in [6, 6.07) is 21.0. The molecule has 3 amide bonds. The lowest BCUT2D eigenvalue weighted by Gasteiger charge is -2.18. The summed E-state index contributed by atoms with van der Waals surface area (Å²) in [5.74, 6) is -0.309. The highest BCUT2D eigenvalue weighted by molar-refractivity contribution is 6.31. The molecule has 1 saturated heterocycles. The van der Waals surface area contributed by atoms with Crippen LogP contribution in [0.15, 0.2) is 72.8 Å². The van der Waals surface area contributed by atoms with Crippen molar-refractivity contribution in [3.63, 3.8) is 0 Å². The first-order valence-electron chi connectivity index (χ1n) is 11.8. The quantitative estimate of drug-likeness (QED) is 0.343. The molecule has 4 rings (SSSR count). The fourth-order valence-corrected chi connectivity index (χ4v) is 4.01. The molecule has 0 spiro atoms. The van der Waals surface area contributed by atoms with Gasteiger partial charge in [0.2, 0.25) is 11.8 Å². The average molecular weight is 523 g/mol. The lowest BCUT2D eigenvalue weighted by Crippen LogP contribution is -2.36. The van der Waals surface area contributed by atoms with E-state index < -0.39 is 5.92 Å². The first-order chi connectivity index (χ1) is 17.9. The van der Waals surface area contributed by atoms with Gasteiger partial charge >= 0.3 is 0 Å². The summed E-state index contributed by atoms with van der Waals surface area (Å²) in [7, 11) is 0. The molecular weight excluding hydrogens is 496 g/mol. The Balaban J connectivity index is 1.31. The van der Waals surface area contributed by atoms with Gasteiger partial charge in [-0.1, -0.05) is 29.8 Å². The van der Waals surface area contributed by atoms with Crippen molar-refractivity contribution in [2.24, 2.45) is 5.92 Å². The number of para-hydroxylation sites is 1. The van der Waals surface area contributed by atoms with Gasteiger partial charge in [0, 0.05) is 29.4 Å². The van der Waals surface area contributed by atoms with Gasteiger partial charge in [-0.25, -0.2) is 0 Å². The van der Waals surface area contributed by atoms with Gasteiger partial charge in [0.15, 0.2) is 6.61 Å². The third kappa shape index (κ3) is 6.92. The van der Waals surface area contributed by atoms with Gasteiger partial charge in [-0.2, -0.15) is 0 Å². The van der Waals surface area contributed by atoms with Gasteiger partial charge in [0.05, 0.1) is 18.2 Å². The summed E-state index contributed by atoms with van der Waals surface area (Å²) in [4.78, 5) is 39.2. The number of anilines is 3. The molecule has 0 bridgehead atoms. The SMILES string of the molecule is CCOc1ccc(NC(=O)COc2ccc(Cl)cc2NNC(=O)[C@H]2CC(=O)N(c3ccccc3)C2)cc1. The van der Waals surface area contributed by atoms with Gasteiger partial charge in [-0.05, 0) is 61.5 Å². The van der Waals surface area contributed by atoms with Crippen molar-refractivity contribution in [1.29, 1.82) is 0 Å². The van der Waals surface area contributed by atoms with Crippen LogP contribution in [0, 0.1) is 5.92 Å². The molecule has 1 aliphatic heterocycles. The Morgan fingerprint density at radius 3 is 2.51 bits per heavy atom. The molecule has 192 valence electrons. The number of carbonyl (C=O) groups excluding carboxylic acids is 3. The van der Waals surface area contributed by atoms with Crippen LogP contribution in [-0.2, 0) is 14.4 Å². The number of nitrogens with zero attached hydrogens (tertiary/aromatic N) is 1. The molecule has 3 N–H and O–H groups in total. The van der Waals surface area contributed by atoms with E-state index in [1.807, 2.05) is 37.3 Å². The van der Waals surface area contributed by atoms with Crippen molar-refractivity contribution in [2.75, 3.05) is 35.4 Å². The van der Waals surface area contributed by atoms with E-state index in [-0.39, 0.29) is 37.3 Å². The average Bonchev–Trinajstić information content (AvgIpc) is 3.30. The predicted octanol–water partition coefficient (Wildman–Crippen LogP) is 4.25. The maximum Gasteiger partial charge on any atom is 0.262 e. The molecule has 9 nitrogen and oxygen atoms in total. The van der Waals surface area contributed by atoms with Gasteiger partial charge in [0.1, 0.15) is 11.5 Å². The topological polar surface area (TPSA) is 109 Å². The van der Waals surface area contributed by atoms with Crippen molar-refractivity contribution < 1.29 is 23.9 Å². The Hall–Kier alpha value is -4.24. The van der Waals surface area contributed by atoms with Gasteiger partial charge in [0.25, 0.3) is 5.91 Å². The van der Waals surface area contributed by atoms with Crippen LogP contribution in [0.2, 0.25) is 5.02 Å². The molecule has 0 unspecified atom stereocenters. The Bertz CT molecular complexity index is 1250. The Morgan fingerprint density at radius 2 is 1.78 bits per heavy atom. The Morgan fingerprint density at radius 1 is 1.03 bits per heavy atom. The smallest absolute Gasteiger partial charge is 0.262 e. The van der Waals surface area contributed by atoms with E-state index in [0.29, 0.717) is 34.5 Å². The van der Waals surface area contributed by atoms with E-state index in [0.717, 1.165) is 5.69 Å². The summed E-state index contributed by atoms with van der Waals surface area (Å²) in [5.41, 5.74) is 7.17. The number of ether oxygens (including phenoxy) is 2. The van der Waals surface area contributed by atoms with E-state index in [1.165, 1.54) is 0 Å². The van der Waals surface area contributed by atoms with E-state index in [9.17, 15) is 14.4 Å². The molecule has 1 atom stereocenters. The number of nitrogens with one attached hydrogen (secondary N) is 3. The van der Waals surface area contributed by atoms with E-state index >= 15 is 0 Å². The molecule has 1 fully saturated rings. The molecular formula is C27H27ClN4O5. The monoisotopic (exact) mass is 522 g/mol. The maximum absolute atomic E-state index is 12.8. The highest BCUT2D eigenvalue weighted by Crippen LogP contribution is 2.28. The standard InChI is InChI=1S/C27H27ClN4O5/c1-2-36-22-11-9-20(10-12-22)29-25(33)17-37-24-13-8-19(28)15-23(24)30-31-27(35)18-14-26(34)32(16-18)21-6-4-3-5-7-21/h3-13,15,18,30H,2,14,16-17H2,1H3,(H,29,33)(H,31,35)/t18-/m0/s1. The Labute approximate surface area is 219 Å². The second-order valence-corrected chi connectivity index (χ2v) is 8.73. The van der Waals surface area contributed by atoms with Crippen LogP contribution in [0.5, 0.6) is 11.5 Å². The Kier molecular flexibility index (Phi) is 8.48. The van der Waals surface area contributed by atoms with Crippen LogP contribution in [0.25, 0.3) is 0 Å². The molecule has 3 aromatic carbocycles. The minimum atomic E-state index is -0.524. The number of halogens is 1. The van der Waals surface area contributed by atoms with Gasteiger partial charge in [-0.3, -0.25) is 25.2 Å². The number of hydrogen-bond acceptors (Lipinski definition) is 6. The van der Waals surface area contributed by atoms with Crippen LogP contribution in [-0.4, -0.2) is 37.5 Å². The summed E-state index contributed by atoms with van der Waals surface area (Å²) >= 11 is 6.12. The zero-order chi connectivity index (χ0) is 26.2. The minimum Gasteiger partial charge on any atom is -0.494 e. The molecule has 0 aromatic heterocycles. The predicted molar refractivity (Wildman–Crippen MR) is 142 cm³/mol. The molecule has 0 saturated carbocycles. The van der Waals surface area contributed by atoms with Crippen molar-refractivity contribution in [1.82, 2.24) is 5.43 Å². The highest BCUT2D eigenvalue weighted by Gasteiger charge is 2.35. The van der Waals surface area contributed by atoms with Crippen molar-refractivity contribution in [3.05, 3.63) is 77.8 Å². The molecule has 10 heteroatoms. The van der Waals surface area contributed by atoms with Crippen LogP contribution in [0.4, 0.5) is 17.1 Å². The summed E-state index contributed by atoms with van der Waals surface area (Å²) < 4.78 is 11.1. The third-order valence-electron chi connectivity index (χ3n) is 5.63. The second kappa shape index (κ2) is 12.1. The van der Waals surface area contributed by atoms with Crippen LogP contribution in [0.1, 0.15) is 13.3 Å². The van der Waals surface area contributed by atoms with E-state index in [1.54, 1.807) is 47.4 Å². The lowest BCUT2D eigenvalue weighted by atomic mass is 10.1. The molecule has 1 aliphatic rings. The molecule has 1 heterocycles. The first kappa shape index (κ1) is 25.8. The fourth-order valence-electron chi connectivity index (χ4n) is 3.84. The van der Waals surface area contributed by atoms with Crippen LogP contribution in [0.3, 0.4) is 0 Å². The minimum absolute atomic E-state index is 0.104. The van der Waals surface area contributed by atoms with Gasteiger partial charge in [-0.15, -0.1) is 0 Å². The largest absolute Gasteiger partial charge is 0.494 e. The van der Waals surface area contributed by atoms with Crippen LogP contribution >= 0.6 is 11.6 Å². The zero-order valence-electron chi connectivity index (χ0n) is 20.2. The summed E-state index contributed by atoms with van der Waals surface area (Å²) in [5, 5.41) is 3.16. The first-order valence-corrected chi connectivity index (χ1v) is 12.2. The number of rotatable bonds is 10. The molecule has 0 radical (unpaired) electrons. The lowest BCUT2D eigenvalue weighted by molar-refractivity contribution is -0.125. The fraction of sp³-hybridized carbons (Fsp3) is 0.222. The van der Waals surface area contributed by atoms with E-state index in [2.05, 4.69) is 16.2 Å². The third-order valence-corrected chi connectivity index (χ3v) is 5.87. The molecule has 0 aliphatic carbocycles. The van der Waals surface area contributed by atoms with Crippen molar-refractivity contribution in [2.45, 2.75) is 13.3 Å². The highest BCUT2D eigenvalue weighted by atomic mass is 35.5. The molecule has 3 aromatic rings. The van der Waals surface area contributed by atoms with Crippen molar-refractivity contribution in [3.8, 4) is 11.5 Å². The maximum atomic E-state index is 12.8. The summed E-state index contributed by atoms with van der Waals surface area (Å²) in [6.07, 6.45) is 0.104. The van der Waals surface area contributed by atoms with Crippen molar-refractivity contribution >= 4 is 46.4 Å². The number of amides is 3. The summed E-state index contributed by atoms with van der Waals surface area (Å²) in [6.45, 7) is 2.47. The zero-order valence-corrected chi connectivity index (χ0v) is 21.0. The van der Waals surface area contributed by atoms with Crippen LogP contribution < -0.4 is 30.5 Å². The number of benzene rings is 3. The number of hydrogen-bond donors (Lipinski definition) is 3. The van der Waals surface area contributed by atoms with E-state index in [4.69, 9.17) is 21.1 Å². The second-order valence-electron chi connectivity index (χ2n) is 8.29. The number of hydrazine groups is 1. The van der Waals surface area contributed by atoms with Gasteiger partial charge < -0.3 is 19.7 Å². The molecule has 37 heavy (non-hydrogen) atoms. The number of carbonyl (C=O) groups is 3. The normalized spacial score (nSPS) is 14.7.